The first-order valence-electron chi connectivity index (χ1n) is 10.3. The van der Waals surface area contributed by atoms with E-state index < -0.39 is 0 Å². The van der Waals surface area contributed by atoms with Crippen LogP contribution in [0.3, 0.4) is 0 Å². The molecule has 3 rings (SSSR count). The number of hydrogen-bond donors (Lipinski definition) is 0. The number of rotatable bonds is 4. The summed E-state index contributed by atoms with van der Waals surface area (Å²) in [7, 11) is 0. The Morgan fingerprint density at radius 3 is 2.92 bits per heavy atom. The smallest absolute Gasteiger partial charge is 0.302 e. The molecule has 138 valence electrons. The Hall–Kier alpha value is -1.31. The first kappa shape index (κ1) is 18.5. The van der Waals surface area contributed by atoms with Gasteiger partial charge in [-0.2, -0.15) is 0 Å². The van der Waals surface area contributed by atoms with E-state index in [2.05, 4.69) is 32.1 Å². The van der Waals surface area contributed by atoms with E-state index in [9.17, 15) is 4.79 Å². The highest BCUT2D eigenvalue weighted by molar-refractivity contribution is 5.66. The molecule has 0 amide bonds. The number of carbonyl (C=O) groups excluding carboxylic acids is 1. The molecule has 1 unspecified atom stereocenters. The second-order valence-electron chi connectivity index (χ2n) is 8.43. The molecule has 0 aromatic carbocycles. The van der Waals surface area contributed by atoms with Gasteiger partial charge in [0.05, 0.1) is 0 Å². The van der Waals surface area contributed by atoms with Crippen LogP contribution >= 0.6 is 0 Å². The standard InChI is InChI=1S/C23H34O2/c1-4-7-20-13-14-22-19(9-6-15-23(20,22)3)12-11-18-8-5-10-21(16-18)25-17(2)24/h11-13,21-22H,4-10,14-16H2,1-3H3/b18-11-,19-12+/t21-,22?,23+/m0/s1. The predicted molar refractivity (Wildman–Crippen MR) is 103 cm³/mol. The van der Waals surface area contributed by atoms with Crippen LogP contribution in [0.5, 0.6) is 0 Å². The number of allylic oxidation sites excluding steroid dienone is 5. The number of carbonyl (C=O) groups is 1. The minimum Gasteiger partial charge on any atom is -0.462 e. The number of ether oxygens (including phenoxy) is 1. The highest BCUT2D eigenvalue weighted by Gasteiger charge is 2.43. The van der Waals surface area contributed by atoms with E-state index in [1.807, 2.05) is 0 Å². The summed E-state index contributed by atoms with van der Waals surface area (Å²) in [5.41, 5.74) is 5.23. The Morgan fingerprint density at radius 1 is 1.32 bits per heavy atom. The molecule has 2 fully saturated rings. The topological polar surface area (TPSA) is 26.3 Å². The van der Waals surface area contributed by atoms with E-state index in [0.29, 0.717) is 11.3 Å². The first-order valence-corrected chi connectivity index (χ1v) is 10.3. The van der Waals surface area contributed by atoms with Crippen molar-refractivity contribution >= 4 is 5.97 Å². The van der Waals surface area contributed by atoms with Gasteiger partial charge < -0.3 is 4.74 Å². The van der Waals surface area contributed by atoms with E-state index in [0.717, 1.165) is 25.7 Å². The second kappa shape index (κ2) is 7.93. The summed E-state index contributed by atoms with van der Waals surface area (Å²) < 4.78 is 5.43. The maximum Gasteiger partial charge on any atom is 0.302 e. The van der Waals surface area contributed by atoms with Crippen molar-refractivity contribution < 1.29 is 9.53 Å². The van der Waals surface area contributed by atoms with Gasteiger partial charge in [0.2, 0.25) is 0 Å². The van der Waals surface area contributed by atoms with Crippen molar-refractivity contribution in [2.75, 3.05) is 0 Å². The molecule has 0 saturated heterocycles. The van der Waals surface area contributed by atoms with E-state index in [4.69, 9.17) is 4.74 Å². The fourth-order valence-corrected chi connectivity index (χ4v) is 5.33. The lowest BCUT2D eigenvalue weighted by atomic mass is 9.63. The normalized spacial score (nSPS) is 35.6. The van der Waals surface area contributed by atoms with Gasteiger partial charge in [-0.1, -0.05) is 55.2 Å². The predicted octanol–water partition coefficient (Wildman–Crippen LogP) is 6.28. The Labute approximate surface area is 153 Å². The van der Waals surface area contributed by atoms with Crippen LogP contribution in [0.2, 0.25) is 0 Å². The molecule has 3 aliphatic carbocycles. The first-order chi connectivity index (χ1) is 12.0. The molecule has 0 bridgehead atoms. The van der Waals surface area contributed by atoms with Crippen molar-refractivity contribution in [3.63, 3.8) is 0 Å². The SMILES string of the molecule is CCCC1=CCC2/C(=C/C=C3/CCC[C@H](OC(C)=O)C3)CCC[C@]12C. The van der Waals surface area contributed by atoms with Crippen molar-refractivity contribution in [1.29, 1.82) is 0 Å². The third-order valence-electron chi connectivity index (χ3n) is 6.61. The minimum absolute atomic E-state index is 0.0943. The molecule has 0 aliphatic heterocycles. The number of esters is 1. The average Bonchev–Trinajstić information content (AvgIpc) is 2.90. The lowest BCUT2D eigenvalue weighted by molar-refractivity contribution is -0.147. The molecule has 3 aliphatic rings. The van der Waals surface area contributed by atoms with Crippen molar-refractivity contribution in [2.45, 2.75) is 91.1 Å². The van der Waals surface area contributed by atoms with Crippen LogP contribution in [0.25, 0.3) is 0 Å². The minimum atomic E-state index is -0.145. The molecule has 25 heavy (non-hydrogen) atoms. The van der Waals surface area contributed by atoms with Gasteiger partial charge in [0, 0.05) is 13.3 Å². The lowest BCUT2D eigenvalue weighted by Gasteiger charge is -2.41. The van der Waals surface area contributed by atoms with Crippen LogP contribution in [0.1, 0.15) is 85.0 Å². The maximum absolute atomic E-state index is 11.2. The summed E-state index contributed by atoms with van der Waals surface area (Å²) in [5, 5.41) is 0. The van der Waals surface area contributed by atoms with Gasteiger partial charge in [0.15, 0.2) is 0 Å². The molecular formula is C23H34O2. The van der Waals surface area contributed by atoms with Gasteiger partial charge in [-0.15, -0.1) is 0 Å². The molecule has 3 atom stereocenters. The fourth-order valence-electron chi connectivity index (χ4n) is 5.33. The summed E-state index contributed by atoms with van der Waals surface area (Å²) in [4.78, 5) is 11.2. The van der Waals surface area contributed by atoms with Gasteiger partial charge in [0.25, 0.3) is 0 Å². The summed E-state index contributed by atoms with van der Waals surface area (Å²) in [5.74, 6) is 0.570. The van der Waals surface area contributed by atoms with Crippen LogP contribution < -0.4 is 0 Å². The molecule has 0 aromatic heterocycles. The Morgan fingerprint density at radius 2 is 2.16 bits per heavy atom. The average molecular weight is 343 g/mol. The molecule has 2 nitrogen and oxygen atoms in total. The summed E-state index contributed by atoms with van der Waals surface area (Å²) in [6, 6.07) is 0. The quantitative estimate of drug-likeness (QED) is 0.444. The molecule has 2 saturated carbocycles. The van der Waals surface area contributed by atoms with E-state index >= 15 is 0 Å². The van der Waals surface area contributed by atoms with E-state index in [1.165, 1.54) is 51.0 Å². The Kier molecular flexibility index (Phi) is 5.86. The molecule has 0 radical (unpaired) electrons. The van der Waals surface area contributed by atoms with Gasteiger partial charge in [-0.3, -0.25) is 4.79 Å². The highest BCUT2D eigenvalue weighted by atomic mass is 16.5. The Balaban J connectivity index is 1.70. The van der Waals surface area contributed by atoms with Crippen LogP contribution in [0.4, 0.5) is 0 Å². The summed E-state index contributed by atoms with van der Waals surface area (Å²) in [6.07, 6.45) is 19.3. The van der Waals surface area contributed by atoms with Crippen LogP contribution in [0, 0.1) is 11.3 Å². The largest absolute Gasteiger partial charge is 0.462 e. The molecule has 0 heterocycles. The maximum atomic E-state index is 11.2. The van der Waals surface area contributed by atoms with Crippen molar-refractivity contribution in [3.8, 4) is 0 Å². The lowest BCUT2D eigenvalue weighted by Crippen LogP contribution is -2.30. The number of hydrogen-bond acceptors (Lipinski definition) is 2. The molecule has 0 aromatic rings. The van der Waals surface area contributed by atoms with Gasteiger partial charge in [-0.25, -0.2) is 0 Å². The fraction of sp³-hybridized carbons (Fsp3) is 0.696. The zero-order chi connectivity index (χ0) is 17.9. The summed E-state index contributed by atoms with van der Waals surface area (Å²) in [6.45, 7) is 6.32. The third-order valence-corrected chi connectivity index (χ3v) is 6.61. The summed E-state index contributed by atoms with van der Waals surface area (Å²) >= 11 is 0. The van der Waals surface area contributed by atoms with Crippen LogP contribution in [-0.4, -0.2) is 12.1 Å². The third kappa shape index (κ3) is 4.10. The van der Waals surface area contributed by atoms with Gasteiger partial charge in [0.1, 0.15) is 6.10 Å². The monoisotopic (exact) mass is 342 g/mol. The van der Waals surface area contributed by atoms with E-state index in [-0.39, 0.29) is 12.1 Å². The zero-order valence-corrected chi connectivity index (χ0v) is 16.3. The molecule has 2 heteroatoms. The molecule has 0 spiro atoms. The van der Waals surface area contributed by atoms with Crippen molar-refractivity contribution in [2.24, 2.45) is 11.3 Å². The van der Waals surface area contributed by atoms with Gasteiger partial charge >= 0.3 is 5.97 Å². The second-order valence-corrected chi connectivity index (χ2v) is 8.43. The zero-order valence-electron chi connectivity index (χ0n) is 16.3. The van der Waals surface area contributed by atoms with Crippen molar-refractivity contribution in [3.05, 3.63) is 34.9 Å². The van der Waals surface area contributed by atoms with Crippen molar-refractivity contribution in [1.82, 2.24) is 0 Å². The highest BCUT2D eigenvalue weighted by Crippen LogP contribution is 2.55. The van der Waals surface area contributed by atoms with Gasteiger partial charge in [-0.05, 0) is 62.7 Å². The number of fused-ring (bicyclic) bond motifs is 1. The van der Waals surface area contributed by atoms with E-state index in [1.54, 1.807) is 11.1 Å². The van der Waals surface area contributed by atoms with Crippen LogP contribution in [-0.2, 0) is 9.53 Å². The Bertz CT molecular complexity index is 595. The molecular weight excluding hydrogens is 308 g/mol. The molecule has 0 N–H and O–H groups in total. The van der Waals surface area contributed by atoms with Crippen LogP contribution in [0.15, 0.2) is 34.9 Å².